The molecule has 0 atom stereocenters. The molecule has 0 fully saturated rings. The van der Waals surface area contributed by atoms with Crippen molar-refractivity contribution in [2.45, 2.75) is 11.4 Å². The number of nitrogens with one attached hydrogen (secondary N) is 1. The lowest BCUT2D eigenvalue weighted by molar-refractivity contribution is 0.384. The highest BCUT2D eigenvalue weighted by molar-refractivity contribution is 7.92. The third-order valence-corrected chi connectivity index (χ3v) is 5.69. The van der Waals surface area contributed by atoms with E-state index >= 15 is 0 Å². The highest BCUT2D eigenvalue weighted by atomic mass is 35.5. The molecule has 0 saturated heterocycles. The van der Waals surface area contributed by atoms with Crippen molar-refractivity contribution in [3.63, 3.8) is 0 Å². The first-order chi connectivity index (χ1) is 13.2. The molecule has 0 unspecified atom stereocenters. The summed E-state index contributed by atoms with van der Waals surface area (Å²) < 4.78 is 43.7. The summed E-state index contributed by atoms with van der Waals surface area (Å²) in [6, 6.07) is 10.2. The monoisotopic (exact) mass is 423 g/mol. The molecule has 0 radical (unpaired) electrons. The molecule has 7 nitrogen and oxygen atoms in total. The predicted octanol–water partition coefficient (Wildman–Crippen LogP) is 3.14. The summed E-state index contributed by atoms with van der Waals surface area (Å²) in [5.41, 5.74) is 0.351. The lowest BCUT2D eigenvalue weighted by atomic mass is 10.1. The van der Waals surface area contributed by atoms with Crippen molar-refractivity contribution in [3.8, 4) is 11.4 Å². The Labute approximate surface area is 167 Å². The summed E-state index contributed by atoms with van der Waals surface area (Å²) in [7, 11) is 1.61. The number of aromatic nitrogens is 3. The molecule has 148 valence electrons. The van der Waals surface area contributed by atoms with Gasteiger partial charge in [0.2, 0.25) is 0 Å². The van der Waals surface area contributed by atoms with E-state index in [1.165, 1.54) is 18.2 Å². The molecule has 0 saturated carbocycles. The van der Waals surface area contributed by atoms with Crippen LogP contribution in [0, 0.1) is 5.82 Å². The van der Waals surface area contributed by atoms with Gasteiger partial charge in [-0.15, -0.1) is 10.2 Å². The van der Waals surface area contributed by atoms with Gasteiger partial charge in [-0.3, -0.25) is 4.72 Å². The molecule has 1 heterocycles. The van der Waals surface area contributed by atoms with Crippen LogP contribution in [0.5, 0.6) is 0 Å². The number of rotatable bonds is 6. The van der Waals surface area contributed by atoms with E-state index in [-0.39, 0.29) is 15.6 Å². The third-order valence-electron chi connectivity index (χ3n) is 4.02. The van der Waals surface area contributed by atoms with Crippen LogP contribution in [0.25, 0.3) is 11.4 Å². The quantitative estimate of drug-likeness (QED) is 0.658. The summed E-state index contributed by atoms with van der Waals surface area (Å²) in [6.45, 7) is 0.531. The van der Waals surface area contributed by atoms with E-state index in [1.54, 1.807) is 29.8 Å². The second-order valence-corrected chi connectivity index (χ2v) is 8.56. The van der Waals surface area contributed by atoms with E-state index < -0.39 is 15.8 Å². The first-order valence-corrected chi connectivity index (χ1v) is 10.2. The molecule has 2 aromatic carbocycles. The van der Waals surface area contributed by atoms with Crippen LogP contribution in [0.15, 0.2) is 47.4 Å². The lowest BCUT2D eigenvalue weighted by Gasteiger charge is -2.14. The largest absolute Gasteiger partial charge is 0.313 e. The predicted molar refractivity (Wildman–Crippen MR) is 106 cm³/mol. The highest BCUT2D eigenvalue weighted by Gasteiger charge is 2.21. The van der Waals surface area contributed by atoms with Crippen LogP contribution in [-0.4, -0.2) is 42.2 Å². The summed E-state index contributed by atoms with van der Waals surface area (Å²) >= 11 is 5.95. The minimum Gasteiger partial charge on any atom is -0.313 e. The van der Waals surface area contributed by atoms with Gasteiger partial charge in [0.1, 0.15) is 11.6 Å². The van der Waals surface area contributed by atoms with Crippen molar-refractivity contribution in [2.24, 2.45) is 7.05 Å². The maximum atomic E-state index is 14.1. The molecule has 3 rings (SSSR count). The minimum absolute atomic E-state index is 0.0256. The molecule has 1 aromatic heterocycles. The Kier molecular flexibility index (Phi) is 5.69. The Balaban J connectivity index is 2.09. The standard InChI is InChI=1S/C18H19ClFN5O2S/c1-24(2)11-17-21-22-18(25(17)3)13-9-14(19)15(20)10-16(13)23-28(26,27)12-7-5-4-6-8-12/h4-10,23H,11H2,1-3H3. The summed E-state index contributed by atoms with van der Waals surface area (Å²) in [6.07, 6.45) is 0. The first-order valence-electron chi connectivity index (χ1n) is 8.29. The van der Waals surface area contributed by atoms with Crippen molar-refractivity contribution in [2.75, 3.05) is 18.8 Å². The Morgan fingerprint density at radius 3 is 2.50 bits per heavy atom. The van der Waals surface area contributed by atoms with Crippen molar-refractivity contribution in [3.05, 3.63) is 59.1 Å². The highest BCUT2D eigenvalue weighted by Crippen LogP contribution is 2.33. The first kappa shape index (κ1) is 20.2. The molecule has 1 N–H and O–H groups in total. The van der Waals surface area contributed by atoms with Crippen molar-refractivity contribution >= 4 is 27.3 Å². The van der Waals surface area contributed by atoms with Gasteiger partial charge in [0.25, 0.3) is 10.0 Å². The SMILES string of the molecule is CN(C)Cc1nnc(-c2cc(Cl)c(F)cc2NS(=O)(=O)c2ccccc2)n1C. The zero-order chi connectivity index (χ0) is 20.5. The van der Waals surface area contributed by atoms with E-state index in [9.17, 15) is 12.8 Å². The van der Waals surface area contributed by atoms with Crippen LogP contribution in [0.2, 0.25) is 5.02 Å². The molecule has 0 spiro atoms. The zero-order valence-electron chi connectivity index (χ0n) is 15.5. The van der Waals surface area contributed by atoms with Gasteiger partial charge in [-0.05, 0) is 32.3 Å². The van der Waals surface area contributed by atoms with E-state index in [2.05, 4.69) is 14.9 Å². The Morgan fingerprint density at radius 2 is 1.86 bits per heavy atom. The van der Waals surface area contributed by atoms with Crippen LogP contribution in [0.4, 0.5) is 10.1 Å². The number of nitrogens with zero attached hydrogens (tertiary/aromatic N) is 4. The second-order valence-electron chi connectivity index (χ2n) is 6.47. The molecule has 28 heavy (non-hydrogen) atoms. The van der Waals surface area contributed by atoms with E-state index in [1.807, 2.05) is 19.0 Å². The molecular formula is C18H19ClFN5O2S. The Morgan fingerprint density at radius 1 is 1.18 bits per heavy atom. The van der Waals surface area contributed by atoms with Crippen LogP contribution in [-0.2, 0) is 23.6 Å². The van der Waals surface area contributed by atoms with Gasteiger partial charge < -0.3 is 9.47 Å². The smallest absolute Gasteiger partial charge is 0.261 e. The van der Waals surface area contributed by atoms with Gasteiger partial charge in [0.15, 0.2) is 5.82 Å². The average molecular weight is 424 g/mol. The molecule has 0 aliphatic rings. The van der Waals surface area contributed by atoms with Gasteiger partial charge in [0.05, 0.1) is 22.2 Å². The molecule has 10 heteroatoms. The van der Waals surface area contributed by atoms with E-state index in [0.717, 1.165) is 6.07 Å². The van der Waals surface area contributed by atoms with Crippen LogP contribution in [0.3, 0.4) is 0 Å². The average Bonchev–Trinajstić information content (AvgIpc) is 2.98. The van der Waals surface area contributed by atoms with Crippen LogP contribution in [0.1, 0.15) is 5.82 Å². The van der Waals surface area contributed by atoms with E-state index in [0.29, 0.717) is 23.8 Å². The van der Waals surface area contributed by atoms with Gasteiger partial charge >= 0.3 is 0 Å². The fourth-order valence-electron chi connectivity index (χ4n) is 2.64. The molecule has 0 aliphatic carbocycles. The molecule has 0 aliphatic heterocycles. The number of benzene rings is 2. The zero-order valence-corrected chi connectivity index (χ0v) is 17.1. The topological polar surface area (TPSA) is 80.1 Å². The number of hydrogen-bond acceptors (Lipinski definition) is 5. The number of hydrogen-bond donors (Lipinski definition) is 1. The van der Waals surface area contributed by atoms with Gasteiger partial charge in [-0.1, -0.05) is 29.8 Å². The van der Waals surface area contributed by atoms with Crippen molar-refractivity contribution < 1.29 is 12.8 Å². The fraction of sp³-hybridized carbons (Fsp3) is 0.222. The molecule has 0 bridgehead atoms. The molecular weight excluding hydrogens is 405 g/mol. The summed E-state index contributed by atoms with van der Waals surface area (Å²) in [5, 5.41) is 8.14. The molecule has 0 amide bonds. The number of anilines is 1. The summed E-state index contributed by atoms with van der Waals surface area (Å²) in [4.78, 5) is 1.98. The number of sulfonamides is 1. The van der Waals surface area contributed by atoms with Crippen LogP contribution >= 0.6 is 11.6 Å². The minimum atomic E-state index is -3.92. The van der Waals surface area contributed by atoms with Gasteiger partial charge in [-0.25, -0.2) is 12.8 Å². The lowest BCUT2D eigenvalue weighted by Crippen LogP contribution is -2.15. The normalized spacial score (nSPS) is 11.8. The van der Waals surface area contributed by atoms with E-state index in [4.69, 9.17) is 11.6 Å². The Hall–Kier alpha value is -2.49. The van der Waals surface area contributed by atoms with Crippen molar-refractivity contribution in [1.29, 1.82) is 0 Å². The maximum Gasteiger partial charge on any atom is 0.261 e. The maximum absolute atomic E-state index is 14.1. The van der Waals surface area contributed by atoms with Gasteiger partial charge in [-0.2, -0.15) is 0 Å². The third kappa shape index (κ3) is 4.16. The molecule has 3 aromatic rings. The summed E-state index contributed by atoms with van der Waals surface area (Å²) in [5.74, 6) is 0.286. The van der Waals surface area contributed by atoms with Gasteiger partial charge in [0, 0.05) is 18.7 Å². The van der Waals surface area contributed by atoms with Crippen molar-refractivity contribution in [1.82, 2.24) is 19.7 Å². The Bertz CT molecular complexity index is 1100. The number of halogens is 2. The fourth-order valence-corrected chi connectivity index (χ4v) is 3.89. The second kappa shape index (κ2) is 7.86. The van der Waals surface area contributed by atoms with Crippen LogP contribution < -0.4 is 4.72 Å².